The lowest BCUT2D eigenvalue weighted by Gasteiger charge is -2.36. The van der Waals surface area contributed by atoms with E-state index >= 15 is 0 Å². The molecular formula is C27H30ClN5O3. The van der Waals surface area contributed by atoms with Gasteiger partial charge in [0.25, 0.3) is 11.5 Å². The van der Waals surface area contributed by atoms with Gasteiger partial charge in [-0.1, -0.05) is 36.9 Å². The van der Waals surface area contributed by atoms with E-state index in [1.807, 2.05) is 29.2 Å². The monoisotopic (exact) mass is 507 g/mol. The number of benzene rings is 2. The topological polar surface area (TPSA) is 87.5 Å². The maximum Gasteiger partial charge on any atom is 0.261 e. The molecule has 1 aliphatic carbocycles. The van der Waals surface area contributed by atoms with Crippen molar-refractivity contribution in [2.75, 3.05) is 31.1 Å². The van der Waals surface area contributed by atoms with Crippen LogP contribution in [0.25, 0.3) is 10.9 Å². The Morgan fingerprint density at radius 1 is 1.00 bits per heavy atom. The van der Waals surface area contributed by atoms with E-state index in [1.54, 1.807) is 18.2 Å². The van der Waals surface area contributed by atoms with E-state index in [1.165, 1.54) is 17.3 Å². The van der Waals surface area contributed by atoms with E-state index < -0.39 is 0 Å². The number of fused-ring (bicyclic) bond motifs is 1. The van der Waals surface area contributed by atoms with Crippen LogP contribution in [-0.2, 0) is 11.3 Å². The number of piperazine rings is 1. The highest BCUT2D eigenvalue weighted by atomic mass is 35.5. The molecule has 2 heterocycles. The molecule has 1 aromatic heterocycles. The van der Waals surface area contributed by atoms with Crippen molar-refractivity contribution in [3.05, 3.63) is 69.7 Å². The van der Waals surface area contributed by atoms with Crippen molar-refractivity contribution in [2.45, 2.75) is 44.7 Å². The van der Waals surface area contributed by atoms with E-state index in [2.05, 4.69) is 15.2 Å². The maximum atomic E-state index is 13.1. The molecule has 36 heavy (non-hydrogen) atoms. The zero-order valence-electron chi connectivity index (χ0n) is 20.2. The van der Waals surface area contributed by atoms with Gasteiger partial charge < -0.3 is 15.1 Å². The summed E-state index contributed by atoms with van der Waals surface area (Å²) in [6, 6.07) is 12.9. The van der Waals surface area contributed by atoms with Crippen molar-refractivity contribution in [3.63, 3.8) is 0 Å². The molecule has 2 aliphatic rings. The molecule has 3 aromatic rings. The molecule has 2 fully saturated rings. The summed E-state index contributed by atoms with van der Waals surface area (Å²) in [4.78, 5) is 47.0. The third-order valence-electron chi connectivity index (χ3n) is 7.10. The van der Waals surface area contributed by atoms with Crippen LogP contribution in [0.1, 0.15) is 42.5 Å². The van der Waals surface area contributed by atoms with Crippen molar-refractivity contribution >= 4 is 40.0 Å². The number of nitrogens with one attached hydrogen (secondary N) is 1. The Balaban J connectivity index is 1.24. The molecule has 0 radical (unpaired) electrons. The van der Waals surface area contributed by atoms with Gasteiger partial charge in [0, 0.05) is 48.5 Å². The van der Waals surface area contributed by atoms with E-state index in [0.717, 1.165) is 31.4 Å². The zero-order valence-corrected chi connectivity index (χ0v) is 20.9. The Labute approximate surface area is 214 Å². The molecular weight excluding hydrogens is 478 g/mol. The predicted octanol–water partition coefficient (Wildman–Crippen LogP) is 3.46. The normalized spacial score (nSPS) is 16.8. The van der Waals surface area contributed by atoms with Crippen molar-refractivity contribution in [1.29, 1.82) is 0 Å². The molecule has 0 bridgehead atoms. The second-order valence-corrected chi connectivity index (χ2v) is 10.0. The van der Waals surface area contributed by atoms with Gasteiger partial charge in [-0.25, -0.2) is 4.98 Å². The molecule has 1 aliphatic heterocycles. The first-order chi connectivity index (χ1) is 17.5. The standard InChI is InChI=1S/C27H30ClN5O3/c28-20-5-4-8-22(16-20)31-11-13-32(14-12-31)26(35)19-9-10-23-24(15-19)29-18-33(27(23)36)17-25(34)30-21-6-2-1-3-7-21/h4-5,8-10,15-16,18,21H,1-3,6-7,11-14,17H2,(H,30,34). The summed E-state index contributed by atoms with van der Waals surface area (Å²) < 4.78 is 1.33. The smallest absolute Gasteiger partial charge is 0.261 e. The van der Waals surface area contributed by atoms with Gasteiger partial charge in [-0.15, -0.1) is 0 Å². The number of nitrogens with zero attached hydrogens (tertiary/aromatic N) is 4. The number of amides is 2. The zero-order chi connectivity index (χ0) is 25.1. The fraction of sp³-hybridized carbons (Fsp3) is 0.407. The van der Waals surface area contributed by atoms with Gasteiger partial charge in [-0.05, 0) is 49.2 Å². The van der Waals surface area contributed by atoms with Gasteiger partial charge in [0.05, 0.1) is 17.2 Å². The highest BCUT2D eigenvalue weighted by molar-refractivity contribution is 6.30. The number of rotatable bonds is 5. The number of carbonyl (C=O) groups is 2. The molecule has 5 rings (SSSR count). The molecule has 2 amide bonds. The van der Waals surface area contributed by atoms with E-state index in [0.29, 0.717) is 47.7 Å². The van der Waals surface area contributed by atoms with E-state index in [4.69, 9.17) is 11.6 Å². The second kappa shape index (κ2) is 10.7. The summed E-state index contributed by atoms with van der Waals surface area (Å²) in [5.41, 5.74) is 1.71. The number of hydrogen-bond donors (Lipinski definition) is 1. The first-order valence-electron chi connectivity index (χ1n) is 12.6. The van der Waals surface area contributed by atoms with Crippen LogP contribution in [0.5, 0.6) is 0 Å². The summed E-state index contributed by atoms with van der Waals surface area (Å²) in [5, 5.41) is 4.12. The summed E-state index contributed by atoms with van der Waals surface area (Å²) in [5.74, 6) is -0.255. The highest BCUT2D eigenvalue weighted by Crippen LogP contribution is 2.22. The molecule has 2 aromatic carbocycles. The average Bonchev–Trinajstić information content (AvgIpc) is 2.90. The Bertz CT molecular complexity index is 1330. The van der Waals surface area contributed by atoms with Crippen LogP contribution in [0, 0.1) is 0 Å². The molecule has 0 spiro atoms. The van der Waals surface area contributed by atoms with Crippen LogP contribution < -0.4 is 15.8 Å². The molecule has 9 heteroatoms. The van der Waals surface area contributed by atoms with Gasteiger partial charge in [-0.3, -0.25) is 19.0 Å². The van der Waals surface area contributed by atoms with E-state index in [-0.39, 0.29) is 30.0 Å². The number of hydrogen-bond acceptors (Lipinski definition) is 5. The van der Waals surface area contributed by atoms with Crippen LogP contribution in [0.15, 0.2) is 53.6 Å². The third-order valence-corrected chi connectivity index (χ3v) is 7.33. The molecule has 1 saturated carbocycles. The molecule has 8 nitrogen and oxygen atoms in total. The minimum absolute atomic E-state index is 0.0597. The summed E-state index contributed by atoms with van der Waals surface area (Å²) in [7, 11) is 0. The number of aromatic nitrogens is 2. The van der Waals surface area contributed by atoms with Crippen molar-refractivity contribution in [3.8, 4) is 0 Å². The largest absolute Gasteiger partial charge is 0.368 e. The minimum atomic E-state index is -0.284. The average molecular weight is 508 g/mol. The van der Waals surface area contributed by atoms with Gasteiger partial charge in [0.15, 0.2) is 0 Å². The first kappa shape index (κ1) is 24.3. The number of anilines is 1. The van der Waals surface area contributed by atoms with Gasteiger partial charge >= 0.3 is 0 Å². The minimum Gasteiger partial charge on any atom is -0.368 e. The second-order valence-electron chi connectivity index (χ2n) is 9.57. The Morgan fingerprint density at radius 2 is 1.78 bits per heavy atom. The fourth-order valence-corrected chi connectivity index (χ4v) is 5.29. The quantitative estimate of drug-likeness (QED) is 0.571. The first-order valence-corrected chi connectivity index (χ1v) is 12.9. The SMILES string of the molecule is O=C(Cn1cnc2cc(C(=O)N3CCN(c4cccc(Cl)c4)CC3)ccc2c1=O)NC1CCCCC1. The lowest BCUT2D eigenvalue weighted by atomic mass is 9.95. The van der Waals surface area contributed by atoms with Crippen molar-refractivity contribution in [2.24, 2.45) is 0 Å². The Kier molecular flexibility index (Phi) is 7.23. The Morgan fingerprint density at radius 3 is 2.53 bits per heavy atom. The van der Waals surface area contributed by atoms with Gasteiger partial charge in [-0.2, -0.15) is 0 Å². The molecule has 0 unspecified atom stereocenters. The maximum absolute atomic E-state index is 13.1. The summed E-state index contributed by atoms with van der Waals surface area (Å²) in [6.45, 7) is 2.55. The van der Waals surface area contributed by atoms with Crippen LogP contribution in [-0.4, -0.2) is 58.5 Å². The van der Waals surface area contributed by atoms with Crippen LogP contribution in [0.4, 0.5) is 5.69 Å². The summed E-state index contributed by atoms with van der Waals surface area (Å²) in [6.07, 6.45) is 6.83. The molecule has 1 N–H and O–H groups in total. The van der Waals surface area contributed by atoms with E-state index in [9.17, 15) is 14.4 Å². The predicted molar refractivity (Wildman–Crippen MR) is 141 cm³/mol. The molecule has 0 atom stereocenters. The van der Waals surface area contributed by atoms with Crippen LogP contribution in [0.2, 0.25) is 5.02 Å². The number of halogens is 1. The van der Waals surface area contributed by atoms with Gasteiger partial charge in [0.2, 0.25) is 5.91 Å². The van der Waals surface area contributed by atoms with Crippen LogP contribution >= 0.6 is 11.6 Å². The highest BCUT2D eigenvalue weighted by Gasteiger charge is 2.23. The summed E-state index contributed by atoms with van der Waals surface area (Å²) >= 11 is 6.12. The number of carbonyl (C=O) groups excluding carboxylic acids is 2. The van der Waals surface area contributed by atoms with Gasteiger partial charge in [0.1, 0.15) is 6.54 Å². The molecule has 1 saturated heterocycles. The van der Waals surface area contributed by atoms with Crippen LogP contribution in [0.3, 0.4) is 0 Å². The lowest BCUT2D eigenvalue weighted by Crippen LogP contribution is -2.48. The lowest BCUT2D eigenvalue weighted by molar-refractivity contribution is -0.122. The van der Waals surface area contributed by atoms with Crippen molar-refractivity contribution in [1.82, 2.24) is 19.8 Å². The Hall–Kier alpha value is -3.39. The fourth-order valence-electron chi connectivity index (χ4n) is 5.10. The molecule has 188 valence electrons. The third kappa shape index (κ3) is 5.38. The van der Waals surface area contributed by atoms with Crippen molar-refractivity contribution < 1.29 is 9.59 Å².